The molecule has 0 aliphatic rings. The highest BCUT2D eigenvalue weighted by atomic mass is 15.1. The summed E-state index contributed by atoms with van der Waals surface area (Å²) in [6.45, 7) is 48.0. The summed E-state index contributed by atoms with van der Waals surface area (Å²) in [5, 5.41) is 35.5. The Morgan fingerprint density at radius 3 is 0.771 bits per heavy atom. The summed E-state index contributed by atoms with van der Waals surface area (Å²) in [4.78, 5) is 0. The van der Waals surface area contributed by atoms with Crippen LogP contribution < -0.4 is 45.9 Å². The molecule has 8 aromatic rings. The number of azo groups is 4. The van der Waals surface area contributed by atoms with Gasteiger partial charge in [-0.25, -0.2) is 0 Å². The molecule has 16 heteroatoms. The van der Waals surface area contributed by atoms with Gasteiger partial charge in [0.2, 0.25) is 0 Å². The maximum atomic E-state index is 6.28. The van der Waals surface area contributed by atoms with Crippen molar-refractivity contribution in [2.24, 2.45) is 86.8 Å². The van der Waals surface area contributed by atoms with E-state index in [-0.39, 0.29) is 0 Å². The highest BCUT2D eigenvalue weighted by molar-refractivity contribution is 5.57. The van der Waals surface area contributed by atoms with Crippen LogP contribution in [0.3, 0.4) is 0 Å². The molecule has 96 heavy (non-hydrogen) atoms. The van der Waals surface area contributed by atoms with Gasteiger partial charge in [0.1, 0.15) is 0 Å². The second-order valence-electron chi connectivity index (χ2n) is 30.7. The van der Waals surface area contributed by atoms with Crippen molar-refractivity contribution in [1.82, 2.24) is 0 Å². The van der Waals surface area contributed by atoms with Crippen molar-refractivity contribution in [3.05, 3.63) is 235 Å². The molecule has 0 unspecified atom stereocenters. The number of hydrogen-bond donors (Lipinski definition) is 8. The van der Waals surface area contributed by atoms with E-state index in [1.165, 1.54) is 0 Å². The van der Waals surface area contributed by atoms with Gasteiger partial charge in [-0.15, -0.1) is 0 Å². The third-order valence-corrected chi connectivity index (χ3v) is 16.1. The smallest absolute Gasteiger partial charge is 0.0910 e. The number of rotatable bonds is 16. The van der Waals surface area contributed by atoms with Crippen molar-refractivity contribution in [1.29, 1.82) is 0 Å². The largest absolute Gasteiger partial charge is 0.322 e. The summed E-state index contributed by atoms with van der Waals surface area (Å²) in [6.07, 6.45) is 0. The average Bonchev–Trinajstić information content (AvgIpc) is 0.847. The molecule has 512 valence electrons. The zero-order valence-corrected chi connectivity index (χ0v) is 62.1. The fraction of sp³-hybridized carbons (Fsp3) is 0.400. The summed E-state index contributed by atoms with van der Waals surface area (Å²) in [5.41, 5.74) is 70.1. The number of hydrogen-bond acceptors (Lipinski definition) is 16. The molecule has 16 nitrogen and oxygen atoms in total. The van der Waals surface area contributed by atoms with E-state index in [0.29, 0.717) is 0 Å². The van der Waals surface area contributed by atoms with Crippen LogP contribution in [0.2, 0.25) is 0 Å². The Bertz CT molecular complexity index is 3850. The Labute approximate surface area is 574 Å². The first-order valence-electron chi connectivity index (χ1n) is 32.8. The van der Waals surface area contributed by atoms with E-state index >= 15 is 0 Å². The summed E-state index contributed by atoms with van der Waals surface area (Å²) in [7, 11) is 0. The van der Waals surface area contributed by atoms with Gasteiger partial charge in [0, 0.05) is 44.3 Å². The lowest BCUT2D eigenvalue weighted by Gasteiger charge is -2.22. The summed E-state index contributed by atoms with van der Waals surface area (Å²) < 4.78 is 0. The molecule has 0 spiro atoms. The van der Waals surface area contributed by atoms with Crippen molar-refractivity contribution in [3.8, 4) is 0 Å². The number of nitrogens with two attached hydrogens (primary N) is 8. The Hall–Kier alpha value is -8.16. The summed E-state index contributed by atoms with van der Waals surface area (Å²) >= 11 is 0. The third-order valence-electron chi connectivity index (χ3n) is 16.1. The van der Waals surface area contributed by atoms with Crippen molar-refractivity contribution >= 4 is 45.5 Å². The van der Waals surface area contributed by atoms with Crippen LogP contribution in [-0.2, 0) is 44.3 Å². The third kappa shape index (κ3) is 23.6. The first-order valence-corrected chi connectivity index (χ1v) is 32.8. The van der Waals surface area contributed by atoms with Crippen molar-refractivity contribution in [2.75, 3.05) is 0 Å². The Morgan fingerprint density at radius 1 is 0.198 bits per heavy atom. The minimum absolute atomic E-state index is 0.405. The first-order chi connectivity index (χ1) is 43.9. The van der Waals surface area contributed by atoms with Gasteiger partial charge in [-0.1, -0.05) is 72.8 Å². The SMILES string of the molecule is Cc1cc(N=Nc2cc(C)cc(C(C)(C)N)c2)cc(C(C)(C)N)c1.Cc1ccc(C(C)(C)N)c(N=Nc2cc(C)ccc2C(C)(C)N)c1.Cc1ccc(C(C)(C)N)cc1N=Nc1cc(C(C)(C)N)ccc1C.Cc1ccc(N=Nc2ccc(C)c(C(C)(C)N)c2)cc1C(C)(C)N. The minimum atomic E-state index is -0.482. The number of aryl methyl sites for hydroxylation is 8. The van der Waals surface area contributed by atoms with Crippen LogP contribution in [0.15, 0.2) is 187 Å². The predicted molar refractivity (Wildman–Crippen MR) is 404 cm³/mol. The van der Waals surface area contributed by atoms with E-state index < -0.39 is 44.3 Å². The number of benzene rings is 8. The maximum absolute atomic E-state index is 6.28. The molecule has 8 aromatic carbocycles. The molecule has 0 atom stereocenters. The van der Waals surface area contributed by atoms with Gasteiger partial charge in [-0.3, -0.25) is 0 Å². The van der Waals surface area contributed by atoms with Crippen LogP contribution in [0.4, 0.5) is 45.5 Å². The standard InChI is InChI=1S/4C20H28N4/c1-13-7-15(19(3,4)21)11-17(9-13)23-24-18-10-14(2)8-16(12-18)20(5,6)22;1-13-7-9-15(11-17(13)19(3,4)21)23-24-16-10-8-14(2)18(12-16)20(5,6)22;1-13-7-9-15(19(3,4)21)11-17(13)23-24-18-12-16(20(5,6)22)10-8-14(18)2;1-13-7-9-15(19(3,4)21)17(11-13)23-24-18-12-14(2)8-10-16(18)20(5,6)22/h4*7-12H,21-22H2,1-6H3. The zero-order valence-electron chi connectivity index (χ0n) is 62.1. The molecule has 0 heterocycles. The molecule has 0 bridgehead atoms. The minimum Gasteiger partial charge on any atom is -0.322 e. The van der Waals surface area contributed by atoms with E-state index in [1.807, 2.05) is 286 Å². The van der Waals surface area contributed by atoms with E-state index in [1.54, 1.807) is 0 Å². The van der Waals surface area contributed by atoms with Gasteiger partial charge >= 0.3 is 0 Å². The second-order valence-corrected chi connectivity index (χ2v) is 30.7. The van der Waals surface area contributed by atoms with Crippen molar-refractivity contribution in [2.45, 2.75) is 210 Å². The van der Waals surface area contributed by atoms with Crippen LogP contribution in [0, 0.1) is 55.4 Å². The van der Waals surface area contributed by atoms with E-state index in [9.17, 15) is 0 Å². The lowest BCUT2D eigenvalue weighted by atomic mass is 9.91. The molecule has 8 rings (SSSR count). The normalized spacial score (nSPS) is 12.8. The van der Waals surface area contributed by atoms with Crippen molar-refractivity contribution in [3.63, 3.8) is 0 Å². The Kier molecular flexibility index (Phi) is 25.3. The van der Waals surface area contributed by atoms with Gasteiger partial charge in [0.15, 0.2) is 0 Å². The highest BCUT2D eigenvalue weighted by Crippen LogP contribution is 2.37. The van der Waals surface area contributed by atoms with Gasteiger partial charge in [0.25, 0.3) is 0 Å². The molecule has 0 amide bonds. The number of nitrogens with zero attached hydrogens (tertiary/aromatic N) is 8. The van der Waals surface area contributed by atoms with Gasteiger partial charge in [-0.05, 0) is 328 Å². The molecule has 0 radical (unpaired) electrons. The van der Waals surface area contributed by atoms with Crippen molar-refractivity contribution < 1.29 is 0 Å². The molecule has 0 fully saturated rings. The molecular formula is C80H112N16. The second kappa shape index (κ2) is 30.9. The van der Waals surface area contributed by atoms with E-state index in [0.717, 1.165) is 135 Å². The van der Waals surface area contributed by atoms with E-state index in [4.69, 9.17) is 45.9 Å². The molecule has 0 aliphatic heterocycles. The van der Waals surface area contributed by atoms with Gasteiger partial charge in [-0.2, -0.15) is 40.9 Å². The van der Waals surface area contributed by atoms with Crippen LogP contribution >= 0.6 is 0 Å². The lowest BCUT2D eigenvalue weighted by Crippen LogP contribution is -2.29. The summed E-state index contributed by atoms with van der Waals surface area (Å²) in [6, 6.07) is 48.4. The quantitative estimate of drug-likeness (QED) is 0.0429. The first kappa shape index (κ1) is 78.5. The van der Waals surface area contributed by atoms with Crippen LogP contribution in [0.25, 0.3) is 0 Å². The highest BCUT2D eigenvalue weighted by Gasteiger charge is 2.24. The lowest BCUT2D eigenvalue weighted by molar-refractivity contribution is 0.550. The molecular weight excluding hydrogens is 1180 g/mol. The van der Waals surface area contributed by atoms with Gasteiger partial charge in [0.05, 0.1) is 45.5 Å². The van der Waals surface area contributed by atoms with Gasteiger partial charge < -0.3 is 45.9 Å². The van der Waals surface area contributed by atoms with Crippen LogP contribution in [0.5, 0.6) is 0 Å². The molecule has 16 N–H and O–H groups in total. The fourth-order valence-corrected chi connectivity index (χ4v) is 10.3. The predicted octanol–water partition coefficient (Wildman–Crippen LogP) is 20.4. The monoisotopic (exact) mass is 1300 g/mol. The fourth-order valence-electron chi connectivity index (χ4n) is 10.3. The maximum Gasteiger partial charge on any atom is 0.0910 e. The van der Waals surface area contributed by atoms with Crippen LogP contribution in [-0.4, -0.2) is 0 Å². The van der Waals surface area contributed by atoms with E-state index in [2.05, 4.69) is 66.9 Å². The molecule has 0 aliphatic carbocycles. The molecule has 0 saturated heterocycles. The Morgan fingerprint density at radius 2 is 0.479 bits per heavy atom. The zero-order chi connectivity index (χ0) is 72.5. The average molecular weight is 1300 g/mol. The van der Waals surface area contributed by atoms with Crippen LogP contribution in [0.1, 0.15) is 200 Å². The topological polar surface area (TPSA) is 307 Å². The summed E-state index contributed by atoms with van der Waals surface area (Å²) in [5.74, 6) is 0. The molecule has 0 aromatic heterocycles. The Balaban J connectivity index is 0.000000231. The molecule has 0 saturated carbocycles.